The van der Waals surface area contributed by atoms with Crippen LogP contribution in [-0.2, 0) is 6.54 Å². The molecule has 0 amide bonds. The van der Waals surface area contributed by atoms with Crippen LogP contribution >= 0.6 is 11.3 Å². The molecule has 5 heteroatoms. The van der Waals surface area contributed by atoms with Gasteiger partial charge in [0.05, 0.1) is 21.3 Å². The molecule has 0 aromatic carbocycles. The Hall–Kier alpha value is -1.36. The highest BCUT2D eigenvalue weighted by Gasteiger charge is 2.05. The van der Waals surface area contributed by atoms with Crippen LogP contribution in [0.4, 0.5) is 5.00 Å². The lowest BCUT2D eigenvalue weighted by Crippen LogP contribution is -2.20. The van der Waals surface area contributed by atoms with Gasteiger partial charge in [-0.3, -0.25) is 4.79 Å². The van der Waals surface area contributed by atoms with Gasteiger partial charge in [0.1, 0.15) is 0 Å². The van der Waals surface area contributed by atoms with Gasteiger partial charge in [-0.2, -0.15) is 5.10 Å². The molecule has 68 valence electrons. The second kappa shape index (κ2) is 2.85. The molecule has 2 heterocycles. The van der Waals surface area contributed by atoms with Crippen molar-refractivity contribution < 1.29 is 0 Å². The monoisotopic (exact) mass is 195 g/mol. The van der Waals surface area contributed by atoms with Crippen molar-refractivity contribution in [2.24, 2.45) is 0 Å². The van der Waals surface area contributed by atoms with Crippen molar-refractivity contribution in [3.05, 3.63) is 22.6 Å². The van der Waals surface area contributed by atoms with Crippen LogP contribution in [0.25, 0.3) is 10.1 Å². The molecule has 0 radical (unpaired) electrons. The van der Waals surface area contributed by atoms with E-state index >= 15 is 0 Å². The molecule has 0 fully saturated rings. The summed E-state index contributed by atoms with van der Waals surface area (Å²) in [5, 5.41) is 5.32. The molecule has 13 heavy (non-hydrogen) atoms. The Kier molecular flexibility index (Phi) is 1.81. The highest BCUT2D eigenvalue weighted by Crippen LogP contribution is 2.23. The van der Waals surface area contributed by atoms with Crippen LogP contribution in [0.15, 0.2) is 17.1 Å². The maximum absolute atomic E-state index is 11.6. The predicted octanol–water partition coefficient (Wildman–Crippen LogP) is 1.06. The lowest BCUT2D eigenvalue weighted by atomic mass is 10.4. The topological polar surface area (TPSA) is 60.9 Å². The number of rotatable bonds is 1. The molecule has 4 nitrogen and oxygen atoms in total. The van der Waals surface area contributed by atoms with E-state index in [9.17, 15) is 4.79 Å². The summed E-state index contributed by atoms with van der Waals surface area (Å²) < 4.78 is 2.28. The molecule has 2 aromatic heterocycles. The molecule has 2 N–H and O–H groups in total. The summed E-state index contributed by atoms with van der Waals surface area (Å²) in [5.41, 5.74) is 5.53. The Labute approximate surface area is 78.6 Å². The molecule has 0 atom stereocenters. The van der Waals surface area contributed by atoms with Crippen molar-refractivity contribution in [2.45, 2.75) is 13.5 Å². The molecule has 0 unspecified atom stereocenters. The molecule has 2 aromatic rings. The van der Waals surface area contributed by atoms with E-state index in [-0.39, 0.29) is 5.56 Å². The second-order valence-corrected chi connectivity index (χ2v) is 3.81. The summed E-state index contributed by atoms with van der Waals surface area (Å²) in [6.07, 6.45) is 1.68. The number of nitrogens with two attached hydrogens (primary N) is 1. The number of hydrogen-bond donors (Lipinski definition) is 1. The van der Waals surface area contributed by atoms with Crippen molar-refractivity contribution in [3.63, 3.8) is 0 Å². The summed E-state index contributed by atoms with van der Waals surface area (Å²) in [6.45, 7) is 2.47. The highest BCUT2D eigenvalue weighted by atomic mass is 32.1. The molecule has 0 aliphatic heterocycles. The Morgan fingerprint density at radius 3 is 3.15 bits per heavy atom. The summed E-state index contributed by atoms with van der Waals surface area (Å²) >= 11 is 1.39. The average Bonchev–Trinajstić information content (AvgIpc) is 2.47. The quantitative estimate of drug-likeness (QED) is 0.740. The third-order valence-corrected chi connectivity index (χ3v) is 2.76. The van der Waals surface area contributed by atoms with Crippen molar-refractivity contribution >= 4 is 26.4 Å². The standard InChI is InChI=1S/C8H9N3OS/c1-2-11-8(12)5-3-7(9)13-6(5)4-10-11/h3-4H,2,9H2,1H3. The van der Waals surface area contributed by atoms with Gasteiger partial charge < -0.3 is 5.73 Å². The van der Waals surface area contributed by atoms with Gasteiger partial charge >= 0.3 is 0 Å². The molecule has 0 bridgehead atoms. The first-order valence-electron chi connectivity index (χ1n) is 3.97. The molecule has 0 spiro atoms. The molecule has 0 saturated heterocycles. The Balaban J connectivity index is 2.86. The summed E-state index contributed by atoms with van der Waals surface area (Å²) in [5.74, 6) is 0. The van der Waals surface area contributed by atoms with Crippen LogP contribution < -0.4 is 11.3 Å². The predicted molar refractivity (Wildman–Crippen MR) is 54.0 cm³/mol. The third kappa shape index (κ3) is 1.21. The van der Waals surface area contributed by atoms with Crippen molar-refractivity contribution in [1.82, 2.24) is 9.78 Å². The maximum atomic E-state index is 11.6. The van der Waals surface area contributed by atoms with Crippen molar-refractivity contribution in [2.75, 3.05) is 5.73 Å². The highest BCUT2D eigenvalue weighted by molar-refractivity contribution is 7.22. The van der Waals surface area contributed by atoms with Crippen LogP contribution in [0.1, 0.15) is 6.92 Å². The zero-order chi connectivity index (χ0) is 9.42. The van der Waals surface area contributed by atoms with Gasteiger partial charge in [-0.1, -0.05) is 0 Å². The molecular formula is C8H9N3OS. The number of aryl methyl sites for hydroxylation is 1. The maximum Gasteiger partial charge on any atom is 0.275 e. The molecular weight excluding hydrogens is 186 g/mol. The Bertz CT molecular complexity index is 500. The smallest absolute Gasteiger partial charge is 0.275 e. The van der Waals surface area contributed by atoms with E-state index in [1.807, 2.05) is 6.92 Å². The number of aromatic nitrogens is 2. The summed E-state index contributed by atoms with van der Waals surface area (Å²) in [7, 11) is 0. The first-order valence-corrected chi connectivity index (χ1v) is 4.79. The molecule has 0 aliphatic rings. The lowest BCUT2D eigenvalue weighted by Gasteiger charge is -1.97. The van der Waals surface area contributed by atoms with Gasteiger partial charge in [0.25, 0.3) is 5.56 Å². The SMILES string of the molecule is CCn1ncc2sc(N)cc2c1=O. The van der Waals surface area contributed by atoms with Crippen LogP contribution in [0.5, 0.6) is 0 Å². The molecule has 2 rings (SSSR count). The van der Waals surface area contributed by atoms with E-state index in [0.29, 0.717) is 16.9 Å². The number of nitrogen functional groups attached to an aromatic ring is 1. The number of fused-ring (bicyclic) bond motifs is 1. The van der Waals surface area contributed by atoms with E-state index in [1.165, 1.54) is 16.0 Å². The molecule has 0 aliphatic carbocycles. The lowest BCUT2D eigenvalue weighted by molar-refractivity contribution is 0.623. The van der Waals surface area contributed by atoms with Gasteiger partial charge in [0.15, 0.2) is 0 Å². The zero-order valence-corrected chi connectivity index (χ0v) is 7.97. The zero-order valence-electron chi connectivity index (χ0n) is 7.15. The van der Waals surface area contributed by atoms with Crippen molar-refractivity contribution in [3.8, 4) is 0 Å². The fourth-order valence-corrected chi connectivity index (χ4v) is 2.01. The minimum absolute atomic E-state index is 0.0621. The fraction of sp³-hybridized carbons (Fsp3) is 0.250. The summed E-state index contributed by atoms with van der Waals surface area (Å²) in [4.78, 5) is 11.6. The van der Waals surface area contributed by atoms with Gasteiger partial charge in [-0.25, -0.2) is 4.68 Å². The average molecular weight is 195 g/mol. The largest absolute Gasteiger partial charge is 0.391 e. The number of hydrogen-bond acceptors (Lipinski definition) is 4. The summed E-state index contributed by atoms with van der Waals surface area (Å²) in [6, 6.07) is 1.70. The number of thiophene rings is 1. The van der Waals surface area contributed by atoms with E-state index in [4.69, 9.17) is 5.73 Å². The first kappa shape index (κ1) is 8.25. The van der Waals surface area contributed by atoms with Gasteiger partial charge in [0, 0.05) is 6.54 Å². The Morgan fingerprint density at radius 1 is 1.69 bits per heavy atom. The number of nitrogens with zero attached hydrogens (tertiary/aromatic N) is 2. The van der Waals surface area contributed by atoms with Crippen LogP contribution in [0.2, 0.25) is 0 Å². The minimum Gasteiger partial charge on any atom is -0.391 e. The van der Waals surface area contributed by atoms with E-state index in [2.05, 4.69) is 5.10 Å². The van der Waals surface area contributed by atoms with Crippen LogP contribution in [0, 0.1) is 0 Å². The second-order valence-electron chi connectivity index (χ2n) is 2.69. The van der Waals surface area contributed by atoms with E-state index in [0.717, 1.165) is 4.70 Å². The van der Waals surface area contributed by atoms with Crippen LogP contribution in [-0.4, -0.2) is 9.78 Å². The first-order chi connectivity index (χ1) is 6.22. The van der Waals surface area contributed by atoms with Gasteiger partial charge in [-0.05, 0) is 13.0 Å². The van der Waals surface area contributed by atoms with E-state index < -0.39 is 0 Å². The van der Waals surface area contributed by atoms with Gasteiger partial charge in [-0.15, -0.1) is 11.3 Å². The molecule has 0 saturated carbocycles. The van der Waals surface area contributed by atoms with Gasteiger partial charge in [0.2, 0.25) is 0 Å². The Morgan fingerprint density at radius 2 is 2.46 bits per heavy atom. The van der Waals surface area contributed by atoms with Crippen molar-refractivity contribution in [1.29, 1.82) is 0 Å². The van der Waals surface area contributed by atoms with Crippen LogP contribution in [0.3, 0.4) is 0 Å². The minimum atomic E-state index is -0.0621. The van der Waals surface area contributed by atoms with E-state index in [1.54, 1.807) is 12.3 Å². The normalized spacial score (nSPS) is 10.8. The number of anilines is 1. The third-order valence-electron chi connectivity index (χ3n) is 1.86. The fourth-order valence-electron chi connectivity index (χ4n) is 1.23.